The third-order valence-corrected chi connectivity index (χ3v) is 9.13. The van der Waals surface area contributed by atoms with Crippen LogP contribution >= 0.6 is 34.5 Å². The number of nitrogens with zero attached hydrogens (tertiary/aromatic N) is 1. The Morgan fingerprint density at radius 2 is 1.44 bits per heavy atom. The second-order valence-corrected chi connectivity index (χ2v) is 12.1. The maximum atomic E-state index is 13.0. The number of ether oxygens (including phenoxy) is 1. The van der Waals surface area contributed by atoms with E-state index >= 15 is 0 Å². The molecule has 2 N–H and O–H groups in total. The first-order chi connectivity index (χ1) is 16.1. The zero-order valence-electron chi connectivity index (χ0n) is 17.0. The molecule has 0 spiro atoms. The summed E-state index contributed by atoms with van der Waals surface area (Å²) >= 11 is 13.1. The molecule has 2 heterocycles. The number of anilines is 2. The third-order valence-electron chi connectivity index (χ3n) is 4.29. The van der Waals surface area contributed by atoms with Gasteiger partial charge in [0, 0.05) is 6.07 Å². The Morgan fingerprint density at radius 1 is 0.794 bits per heavy atom. The standard InChI is InChI=1S/C21H15Cl2N3O5S3/c22-16-11-18(19(12-17(16)23)26-34(29,30)21-7-4-10-32-21)25-33(27,28)15-8-9-20(24-13-15)31-14-5-2-1-3-6-14/h1-13,25-26H. The topological polar surface area (TPSA) is 114 Å². The molecule has 0 aliphatic heterocycles. The van der Waals surface area contributed by atoms with E-state index in [-0.39, 0.29) is 36.4 Å². The predicted octanol–water partition coefficient (Wildman–Crippen LogP) is 5.84. The summed E-state index contributed by atoms with van der Waals surface area (Å²) in [6.45, 7) is 0. The maximum Gasteiger partial charge on any atom is 0.271 e. The second kappa shape index (κ2) is 9.80. The fraction of sp³-hybridized carbons (Fsp3) is 0. The lowest BCUT2D eigenvalue weighted by Gasteiger charge is -2.15. The van der Waals surface area contributed by atoms with Crippen molar-refractivity contribution in [3.8, 4) is 11.6 Å². The van der Waals surface area contributed by atoms with E-state index in [1.807, 2.05) is 6.07 Å². The van der Waals surface area contributed by atoms with Crippen LogP contribution in [0.4, 0.5) is 11.4 Å². The first-order valence-electron chi connectivity index (χ1n) is 9.41. The highest BCUT2D eigenvalue weighted by Gasteiger charge is 2.22. The number of hydrogen-bond donors (Lipinski definition) is 2. The molecule has 2 aromatic heterocycles. The van der Waals surface area contributed by atoms with E-state index in [0.717, 1.165) is 17.5 Å². The summed E-state index contributed by atoms with van der Waals surface area (Å²) in [7, 11) is -8.14. The lowest BCUT2D eigenvalue weighted by molar-refractivity contribution is 0.462. The fourth-order valence-corrected chi connectivity index (χ4v) is 6.13. The quantitative estimate of drug-likeness (QED) is 0.282. The minimum Gasteiger partial charge on any atom is -0.439 e. The molecule has 0 aliphatic rings. The number of aromatic nitrogens is 1. The molecule has 0 fully saturated rings. The van der Waals surface area contributed by atoms with Crippen LogP contribution in [-0.2, 0) is 20.0 Å². The zero-order valence-corrected chi connectivity index (χ0v) is 20.9. The predicted molar refractivity (Wildman–Crippen MR) is 133 cm³/mol. The van der Waals surface area contributed by atoms with Gasteiger partial charge in [-0.05, 0) is 41.8 Å². The second-order valence-electron chi connectivity index (χ2n) is 6.70. The van der Waals surface area contributed by atoms with Crippen molar-refractivity contribution in [2.24, 2.45) is 0 Å². The molecule has 176 valence electrons. The number of sulfonamides is 2. The van der Waals surface area contributed by atoms with Crippen LogP contribution in [0.15, 0.2) is 87.4 Å². The largest absolute Gasteiger partial charge is 0.439 e. The van der Waals surface area contributed by atoms with Gasteiger partial charge in [0.15, 0.2) is 0 Å². The number of hydrogen-bond acceptors (Lipinski definition) is 7. The van der Waals surface area contributed by atoms with Crippen molar-refractivity contribution < 1.29 is 21.6 Å². The number of thiophene rings is 1. The van der Waals surface area contributed by atoms with E-state index in [2.05, 4.69) is 14.4 Å². The van der Waals surface area contributed by atoms with Gasteiger partial charge >= 0.3 is 0 Å². The Hall–Kier alpha value is -2.83. The van der Waals surface area contributed by atoms with E-state index in [9.17, 15) is 16.8 Å². The number of rotatable bonds is 8. The van der Waals surface area contributed by atoms with Crippen molar-refractivity contribution in [3.63, 3.8) is 0 Å². The van der Waals surface area contributed by atoms with Gasteiger partial charge < -0.3 is 4.74 Å². The minimum absolute atomic E-state index is 0.0307. The van der Waals surface area contributed by atoms with Crippen molar-refractivity contribution in [3.05, 3.63) is 88.4 Å². The van der Waals surface area contributed by atoms with Crippen molar-refractivity contribution in [2.75, 3.05) is 9.44 Å². The Morgan fingerprint density at radius 3 is 2.00 bits per heavy atom. The van der Waals surface area contributed by atoms with Gasteiger partial charge in [-0.2, -0.15) is 0 Å². The molecule has 34 heavy (non-hydrogen) atoms. The van der Waals surface area contributed by atoms with Gasteiger partial charge in [-0.1, -0.05) is 47.5 Å². The van der Waals surface area contributed by atoms with Crippen LogP contribution in [0.1, 0.15) is 0 Å². The molecule has 8 nitrogen and oxygen atoms in total. The molecule has 2 aromatic carbocycles. The number of para-hydroxylation sites is 1. The first kappa shape index (κ1) is 24.3. The Kier molecular flexibility index (Phi) is 7.01. The average Bonchev–Trinajstić information content (AvgIpc) is 3.34. The van der Waals surface area contributed by atoms with Crippen molar-refractivity contribution in [1.82, 2.24) is 4.98 Å². The molecule has 0 radical (unpaired) electrons. The smallest absolute Gasteiger partial charge is 0.271 e. The van der Waals surface area contributed by atoms with Gasteiger partial charge in [-0.15, -0.1) is 11.3 Å². The lowest BCUT2D eigenvalue weighted by atomic mass is 10.3. The molecule has 4 aromatic rings. The summed E-state index contributed by atoms with van der Waals surface area (Å²) in [5.74, 6) is 0.742. The van der Waals surface area contributed by atoms with Gasteiger partial charge in [-0.3, -0.25) is 9.44 Å². The van der Waals surface area contributed by atoms with Gasteiger partial charge in [0.05, 0.1) is 27.6 Å². The van der Waals surface area contributed by atoms with Crippen LogP contribution in [0.25, 0.3) is 0 Å². The molecular weight excluding hydrogens is 541 g/mol. The van der Waals surface area contributed by atoms with Crippen LogP contribution in [0, 0.1) is 0 Å². The van der Waals surface area contributed by atoms with E-state index in [4.69, 9.17) is 27.9 Å². The van der Waals surface area contributed by atoms with Crippen molar-refractivity contribution in [1.29, 1.82) is 0 Å². The van der Waals surface area contributed by atoms with Crippen LogP contribution in [0.5, 0.6) is 11.6 Å². The first-order valence-corrected chi connectivity index (χ1v) is 14.0. The number of halogens is 2. The fourth-order valence-electron chi connectivity index (χ4n) is 2.73. The van der Waals surface area contributed by atoms with Gasteiger partial charge in [0.2, 0.25) is 5.88 Å². The Balaban J connectivity index is 1.60. The number of pyridine rings is 1. The van der Waals surface area contributed by atoms with E-state index in [0.29, 0.717) is 5.75 Å². The highest BCUT2D eigenvalue weighted by atomic mass is 35.5. The molecule has 0 bridgehead atoms. The third kappa shape index (κ3) is 5.62. The molecule has 0 amide bonds. The molecule has 0 aliphatic carbocycles. The highest BCUT2D eigenvalue weighted by molar-refractivity contribution is 7.94. The number of nitrogens with one attached hydrogen (secondary N) is 2. The van der Waals surface area contributed by atoms with Crippen molar-refractivity contribution in [2.45, 2.75) is 9.10 Å². The molecule has 0 atom stereocenters. The molecule has 0 unspecified atom stereocenters. The summed E-state index contributed by atoms with van der Waals surface area (Å²) in [6.07, 6.45) is 1.12. The molecule has 0 saturated carbocycles. The zero-order chi connectivity index (χ0) is 24.3. The maximum absolute atomic E-state index is 13.0. The van der Waals surface area contributed by atoms with Crippen LogP contribution < -0.4 is 14.2 Å². The van der Waals surface area contributed by atoms with Crippen LogP contribution in [0.2, 0.25) is 10.0 Å². The highest BCUT2D eigenvalue weighted by Crippen LogP contribution is 2.35. The van der Waals surface area contributed by atoms with Crippen LogP contribution in [0.3, 0.4) is 0 Å². The van der Waals surface area contributed by atoms with E-state index in [1.165, 1.54) is 30.3 Å². The monoisotopic (exact) mass is 555 g/mol. The summed E-state index contributed by atoms with van der Waals surface area (Å²) in [5.41, 5.74) is -0.206. The van der Waals surface area contributed by atoms with Crippen molar-refractivity contribution >= 4 is 66.0 Å². The summed E-state index contributed by atoms with van der Waals surface area (Å²) in [4.78, 5) is 3.86. The van der Waals surface area contributed by atoms with E-state index in [1.54, 1.807) is 35.7 Å². The Labute approximate surface area is 210 Å². The molecule has 0 saturated heterocycles. The Bertz CT molecular complexity index is 1510. The molecule has 4 rings (SSSR count). The van der Waals surface area contributed by atoms with Gasteiger partial charge in [0.1, 0.15) is 14.9 Å². The van der Waals surface area contributed by atoms with Crippen LogP contribution in [-0.4, -0.2) is 21.8 Å². The number of benzene rings is 2. The SMILES string of the molecule is O=S(=O)(Nc1cc(Cl)c(Cl)cc1NS(=O)(=O)c1cccs1)c1ccc(Oc2ccccc2)nc1. The average molecular weight is 556 g/mol. The summed E-state index contributed by atoms with van der Waals surface area (Å²) < 4.78 is 61.5. The minimum atomic E-state index is -4.17. The van der Waals surface area contributed by atoms with E-state index < -0.39 is 20.0 Å². The van der Waals surface area contributed by atoms with Gasteiger partial charge in [-0.25, -0.2) is 21.8 Å². The normalized spacial score (nSPS) is 11.7. The van der Waals surface area contributed by atoms with Gasteiger partial charge in [0.25, 0.3) is 20.0 Å². The molecular formula is C21H15Cl2N3O5S3. The lowest BCUT2D eigenvalue weighted by Crippen LogP contribution is -2.17. The summed E-state index contributed by atoms with van der Waals surface area (Å²) in [5, 5.41) is 1.67. The summed E-state index contributed by atoms with van der Waals surface area (Å²) in [6, 6.07) is 17.0. The molecule has 13 heteroatoms.